The molecule has 1 atom stereocenters. The van der Waals surface area contributed by atoms with Gasteiger partial charge >= 0.3 is 0 Å². The maximum absolute atomic E-state index is 12.5. The lowest BCUT2D eigenvalue weighted by molar-refractivity contribution is -0.119. The molecule has 29 heavy (non-hydrogen) atoms. The Morgan fingerprint density at radius 3 is 2.62 bits per heavy atom. The van der Waals surface area contributed by atoms with Gasteiger partial charge in [-0.05, 0) is 18.9 Å². The number of nitrogens with two attached hydrogens (primary N) is 1. The fraction of sp³-hybridized carbons (Fsp3) is 0.500. The van der Waals surface area contributed by atoms with Crippen LogP contribution in [-0.4, -0.2) is 39.4 Å². The van der Waals surface area contributed by atoms with Gasteiger partial charge in [-0.2, -0.15) is 0 Å². The number of methoxy groups -OCH3 is 1. The monoisotopic (exact) mass is 419 g/mol. The number of hydrogen-bond acceptors (Lipinski definition) is 6. The van der Waals surface area contributed by atoms with E-state index in [1.165, 1.54) is 11.8 Å². The average molecular weight is 420 g/mol. The summed E-state index contributed by atoms with van der Waals surface area (Å²) in [4.78, 5) is 23.6. The van der Waals surface area contributed by atoms with Crippen LogP contribution in [0.4, 0.5) is 0 Å². The summed E-state index contributed by atoms with van der Waals surface area (Å²) in [6.45, 7) is 6.81. The molecule has 0 saturated heterocycles. The number of nitrogens with one attached hydrogen (secondary N) is 1. The second-order valence-electron chi connectivity index (χ2n) is 7.19. The number of rotatable bonds is 11. The maximum Gasteiger partial charge on any atom is 0.230 e. The van der Waals surface area contributed by atoms with Gasteiger partial charge in [0.2, 0.25) is 11.8 Å². The fourth-order valence-electron chi connectivity index (χ4n) is 2.91. The standard InChI is InChI=1S/C20H29N5O3S/c1-13(2)11-25-18(10-9-17(21)26)23-24-20(25)29-12-19(27)22-14(3)15-7-5-6-8-16(15)28-4/h5-8,13-14H,9-12H2,1-4H3,(H2,21,26)(H,22,27). The minimum Gasteiger partial charge on any atom is -0.496 e. The number of aromatic nitrogens is 3. The van der Waals surface area contributed by atoms with Crippen molar-refractivity contribution in [1.29, 1.82) is 0 Å². The molecule has 158 valence electrons. The number of amides is 2. The Bertz CT molecular complexity index is 837. The van der Waals surface area contributed by atoms with E-state index in [2.05, 4.69) is 29.4 Å². The number of nitrogens with zero attached hydrogens (tertiary/aromatic N) is 3. The summed E-state index contributed by atoms with van der Waals surface area (Å²) in [5.74, 6) is 1.56. The molecule has 1 unspecified atom stereocenters. The quantitative estimate of drug-likeness (QED) is 0.541. The highest BCUT2D eigenvalue weighted by molar-refractivity contribution is 7.99. The van der Waals surface area contributed by atoms with Crippen molar-refractivity contribution in [2.45, 2.75) is 51.4 Å². The molecule has 0 spiro atoms. The molecule has 0 bridgehead atoms. The topological polar surface area (TPSA) is 112 Å². The SMILES string of the molecule is COc1ccccc1C(C)NC(=O)CSc1nnc(CCC(N)=O)n1CC(C)C. The van der Waals surface area contributed by atoms with Gasteiger partial charge in [0.05, 0.1) is 18.9 Å². The molecule has 2 rings (SSSR count). The van der Waals surface area contributed by atoms with E-state index in [4.69, 9.17) is 10.5 Å². The summed E-state index contributed by atoms with van der Waals surface area (Å²) in [6, 6.07) is 7.43. The lowest BCUT2D eigenvalue weighted by Gasteiger charge is -2.17. The largest absolute Gasteiger partial charge is 0.496 e. The van der Waals surface area contributed by atoms with Gasteiger partial charge in [-0.3, -0.25) is 9.59 Å². The highest BCUT2D eigenvalue weighted by Gasteiger charge is 2.18. The van der Waals surface area contributed by atoms with E-state index in [1.807, 2.05) is 35.8 Å². The summed E-state index contributed by atoms with van der Waals surface area (Å²) >= 11 is 1.33. The van der Waals surface area contributed by atoms with Crippen molar-refractivity contribution < 1.29 is 14.3 Å². The van der Waals surface area contributed by atoms with Gasteiger partial charge in [-0.15, -0.1) is 10.2 Å². The van der Waals surface area contributed by atoms with Gasteiger partial charge in [0.15, 0.2) is 5.16 Å². The van der Waals surface area contributed by atoms with E-state index in [9.17, 15) is 9.59 Å². The van der Waals surface area contributed by atoms with Crippen molar-refractivity contribution in [2.24, 2.45) is 11.7 Å². The van der Waals surface area contributed by atoms with Gasteiger partial charge in [0.25, 0.3) is 0 Å². The zero-order valence-corrected chi connectivity index (χ0v) is 18.2. The first-order valence-electron chi connectivity index (χ1n) is 9.57. The van der Waals surface area contributed by atoms with Gasteiger partial charge in [0, 0.05) is 24.9 Å². The summed E-state index contributed by atoms with van der Waals surface area (Å²) in [7, 11) is 1.61. The van der Waals surface area contributed by atoms with Crippen molar-refractivity contribution >= 4 is 23.6 Å². The second kappa shape index (κ2) is 10.8. The van der Waals surface area contributed by atoms with Crippen LogP contribution in [0.2, 0.25) is 0 Å². The molecule has 0 fully saturated rings. The van der Waals surface area contributed by atoms with Crippen LogP contribution in [0.5, 0.6) is 5.75 Å². The molecule has 0 saturated carbocycles. The molecule has 2 amide bonds. The Morgan fingerprint density at radius 2 is 1.97 bits per heavy atom. The summed E-state index contributed by atoms with van der Waals surface area (Å²) in [6.07, 6.45) is 0.657. The number of benzene rings is 1. The molecular weight excluding hydrogens is 390 g/mol. The fourth-order valence-corrected chi connectivity index (χ4v) is 3.69. The Labute approximate surface area is 175 Å². The third-order valence-corrected chi connectivity index (χ3v) is 5.22. The maximum atomic E-state index is 12.5. The Morgan fingerprint density at radius 1 is 1.24 bits per heavy atom. The van der Waals surface area contributed by atoms with Crippen molar-refractivity contribution in [2.75, 3.05) is 12.9 Å². The lowest BCUT2D eigenvalue weighted by Crippen LogP contribution is -2.28. The molecule has 2 aromatic rings. The predicted octanol–water partition coefficient (Wildman–Crippen LogP) is 2.33. The van der Waals surface area contributed by atoms with E-state index in [-0.39, 0.29) is 30.0 Å². The van der Waals surface area contributed by atoms with Crippen molar-refractivity contribution in [3.05, 3.63) is 35.7 Å². The lowest BCUT2D eigenvalue weighted by atomic mass is 10.1. The Kier molecular flexibility index (Phi) is 8.50. The molecule has 1 aromatic heterocycles. The molecule has 1 aromatic carbocycles. The molecule has 0 aliphatic rings. The van der Waals surface area contributed by atoms with Crippen LogP contribution >= 0.6 is 11.8 Å². The van der Waals surface area contributed by atoms with Crippen molar-refractivity contribution in [3.63, 3.8) is 0 Å². The van der Waals surface area contributed by atoms with E-state index >= 15 is 0 Å². The van der Waals surface area contributed by atoms with Crippen LogP contribution in [0.15, 0.2) is 29.4 Å². The molecule has 0 aliphatic carbocycles. The number of para-hydroxylation sites is 1. The zero-order valence-electron chi connectivity index (χ0n) is 17.3. The Balaban J connectivity index is 2.00. The number of ether oxygens (including phenoxy) is 1. The van der Waals surface area contributed by atoms with Gasteiger partial charge in [-0.25, -0.2) is 0 Å². The summed E-state index contributed by atoms with van der Waals surface area (Å²) < 4.78 is 7.33. The molecule has 1 heterocycles. The second-order valence-corrected chi connectivity index (χ2v) is 8.13. The highest BCUT2D eigenvalue weighted by Crippen LogP contribution is 2.25. The zero-order chi connectivity index (χ0) is 21.4. The smallest absolute Gasteiger partial charge is 0.230 e. The number of carbonyl (C=O) groups is 2. The first-order chi connectivity index (χ1) is 13.8. The third kappa shape index (κ3) is 6.77. The van der Waals surface area contributed by atoms with Crippen LogP contribution in [0.3, 0.4) is 0 Å². The first kappa shape index (κ1) is 22.7. The molecule has 0 aliphatic heterocycles. The van der Waals surface area contributed by atoms with E-state index in [0.29, 0.717) is 29.9 Å². The predicted molar refractivity (Wildman–Crippen MR) is 113 cm³/mol. The van der Waals surface area contributed by atoms with Crippen LogP contribution in [0.25, 0.3) is 0 Å². The molecule has 8 nitrogen and oxygen atoms in total. The van der Waals surface area contributed by atoms with E-state index in [1.54, 1.807) is 7.11 Å². The molecular formula is C20H29N5O3S. The number of primary amides is 1. The number of aryl methyl sites for hydroxylation is 1. The minimum atomic E-state index is -0.372. The minimum absolute atomic E-state index is 0.105. The highest BCUT2D eigenvalue weighted by atomic mass is 32.2. The average Bonchev–Trinajstić information content (AvgIpc) is 3.05. The van der Waals surface area contributed by atoms with Gasteiger partial charge in [0.1, 0.15) is 11.6 Å². The number of hydrogen-bond donors (Lipinski definition) is 2. The van der Waals surface area contributed by atoms with E-state index < -0.39 is 0 Å². The van der Waals surface area contributed by atoms with Gasteiger partial charge in [-0.1, -0.05) is 43.8 Å². The van der Waals surface area contributed by atoms with E-state index in [0.717, 1.165) is 11.3 Å². The Hall–Kier alpha value is -2.55. The molecule has 3 N–H and O–H groups in total. The van der Waals surface area contributed by atoms with Crippen molar-refractivity contribution in [3.8, 4) is 5.75 Å². The van der Waals surface area contributed by atoms with Gasteiger partial charge < -0.3 is 20.4 Å². The normalized spacial score (nSPS) is 12.0. The van der Waals surface area contributed by atoms with Crippen LogP contribution in [-0.2, 0) is 22.6 Å². The van der Waals surface area contributed by atoms with Crippen molar-refractivity contribution in [1.82, 2.24) is 20.1 Å². The van der Waals surface area contributed by atoms with Crippen LogP contribution < -0.4 is 15.8 Å². The summed E-state index contributed by atoms with van der Waals surface area (Å²) in [5.41, 5.74) is 6.17. The number of carbonyl (C=O) groups excluding carboxylic acids is 2. The van der Waals surface area contributed by atoms with Crippen LogP contribution in [0.1, 0.15) is 44.6 Å². The number of thioether (sulfide) groups is 1. The molecule has 9 heteroatoms. The van der Waals surface area contributed by atoms with Crippen LogP contribution in [0, 0.1) is 5.92 Å². The molecule has 0 radical (unpaired) electrons. The summed E-state index contributed by atoms with van der Waals surface area (Å²) in [5, 5.41) is 12.0. The third-order valence-electron chi connectivity index (χ3n) is 4.25. The first-order valence-corrected chi connectivity index (χ1v) is 10.6.